The van der Waals surface area contributed by atoms with Gasteiger partial charge in [0.25, 0.3) is 0 Å². The summed E-state index contributed by atoms with van der Waals surface area (Å²) in [6.07, 6.45) is 3.59. The highest BCUT2D eigenvalue weighted by Crippen LogP contribution is 2.34. The standard InChI is InChI=1S/C24H26FN5O3S/c1-16(23(31)26-18-7-10-20-21(13-18)33-15-32-20)34-24-28-27-22(14-29-11-3-2-4-12-29)30(24)19-8-5-17(25)6-9-19/h5-10,13,16H,2-4,11-12,14-15H2,1H3,(H,26,31). The number of carbonyl (C=O) groups is 1. The Labute approximate surface area is 201 Å². The third-order valence-electron chi connectivity index (χ3n) is 5.89. The second-order valence-corrected chi connectivity index (χ2v) is 9.67. The number of piperidine rings is 1. The van der Waals surface area contributed by atoms with Crippen LogP contribution < -0.4 is 14.8 Å². The van der Waals surface area contributed by atoms with Gasteiger partial charge in [-0.3, -0.25) is 14.3 Å². The molecule has 0 bridgehead atoms. The van der Waals surface area contributed by atoms with Crippen molar-refractivity contribution in [1.29, 1.82) is 0 Å². The number of ether oxygens (including phenoxy) is 2. The number of rotatable bonds is 7. The number of nitrogens with one attached hydrogen (secondary N) is 1. The van der Waals surface area contributed by atoms with Crippen LogP contribution in [-0.4, -0.2) is 50.7 Å². The number of hydrogen-bond acceptors (Lipinski definition) is 7. The summed E-state index contributed by atoms with van der Waals surface area (Å²) in [6.45, 7) is 4.70. The fraction of sp³-hybridized carbons (Fsp3) is 0.375. The molecule has 178 valence electrons. The van der Waals surface area contributed by atoms with Crippen LogP contribution in [0, 0.1) is 5.82 Å². The second kappa shape index (κ2) is 10.0. The van der Waals surface area contributed by atoms with Crippen molar-refractivity contribution in [3.8, 4) is 17.2 Å². The number of thioether (sulfide) groups is 1. The van der Waals surface area contributed by atoms with Gasteiger partial charge in [-0.05, 0) is 69.3 Å². The highest BCUT2D eigenvalue weighted by atomic mass is 32.2. The average molecular weight is 484 g/mol. The van der Waals surface area contributed by atoms with Gasteiger partial charge in [0, 0.05) is 17.4 Å². The van der Waals surface area contributed by atoms with Crippen molar-refractivity contribution in [2.75, 3.05) is 25.2 Å². The number of aromatic nitrogens is 3. The van der Waals surface area contributed by atoms with Crippen LogP contribution in [0.2, 0.25) is 0 Å². The van der Waals surface area contributed by atoms with E-state index < -0.39 is 5.25 Å². The lowest BCUT2D eigenvalue weighted by atomic mass is 10.1. The first kappa shape index (κ1) is 22.7. The summed E-state index contributed by atoms with van der Waals surface area (Å²) < 4.78 is 26.2. The zero-order chi connectivity index (χ0) is 23.5. The fourth-order valence-corrected chi connectivity index (χ4v) is 4.96. The first-order valence-electron chi connectivity index (χ1n) is 11.4. The summed E-state index contributed by atoms with van der Waals surface area (Å²) in [4.78, 5) is 15.3. The van der Waals surface area contributed by atoms with Crippen molar-refractivity contribution in [3.63, 3.8) is 0 Å². The van der Waals surface area contributed by atoms with E-state index in [1.807, 2.05) is 11.5 Å². The van der Waals surface area contributed by atoms with Crippen molar-refractivity contribution in [1.82, 2.24) is 19.7 Å². The van der Waals surface area contributed by atoms with E-state index in [-0.39, 0.29) is 18.5 Å². The molecule has 2 aromatic carbocycles. The predicted octanol–water partition coefficient (Wildman–Crippen LogP) is 4.24. The van der Waals surface area contributed by atoms with Gasteiger partial charge in [0.2, 0.25) is 12.7 Å². The number of halogens is 1. The maximum atomic E-state index is 13.6. The summed E-state index contributed by atoms with van der Waals surface area (Å²) >= 11 is 1.31. The Balaban J connectivity index is 1.34. The number of nitrogens with zero attached hydrogens (tertiary/aromatic N) is 4. The summed E-state index contributed by atoms with van der Waals surface area (Å²) in [7, 11) is 0. The van der Waals surface area contributed by atoms with Crippen LogP contribution in [0.5, 0.6) is 11.5 Å². The number of fused-ring (bicyclic) bond motifs is 1. The molecule has 1 fully saturated rings. The molecule has 10 heteroatoms. The van der Waals surface area contributed by atoms with Crippen LogP contribution in [0.15, 0.2) is 47.6 Å². The average Bonchev–Trinajstić information content (AvgIpc) is 3.47. The number of hydrogen-bond donors (Lipinski definition) is 1. The zero-order valence-corrected chi connectivity index (χ0v) is 19.7. The molecule has 3 heterocycles. The van der Waals surface area contributed by atoms with E-state index in [2.05, 4.69) is 20.4 Å². The van der Waals surface area contributed by atoms with Gasteiger partial charge < -0.3 is 14.8 Å². The molecular weight excluding hydrogens is 457 g/mol. The minimum atomic E-state index is -0.448. The van der Waals surface area contributed by atoms with Crippen molar-refractivity contribution >= 4 is 23.4 Å². The Kier molecular flexibility index (Phi) is 6.68. The van der Waals surface area contributed by atoms with Crippen LogP contribution in [0.1, 0.15) is 32.0 Å². The fourth-order valence-electron chi connectivity index (χ4n) is 4.08. The molecule has 3 aromatic rings. The molecule has 1 atom stereocenters. The molecule has 1 N–H and O–H groups in total. The van der Waals surface area contributed by atoms with Crippen LogP contribution in [0.25, 0.3) is 5.69 Å². The topological polar surface area (TPSA) is 81.5 Å². The molecule has 34 heavy (non-hydrogen) atoms. The van der Waals surface area contributed by atoms with Crippen molar-refractivity contribution in [3.05, 3.63) is 54.1 Å². The van der Waals surface area contributed by atoms with Gasteiger partial charge in [-0.1, -0.05) is 18.2 Å². The zero-order valence-electron chi connectivity index (χ0n) is 18.9. The molecule has 0 spiro atoms. The third-order valence-corrected chi connectivity index (χ3v) is 6.93. The van der Waals surface area contributed by atoms with Gasteiger partial charge in [0.1, 0.15) is 5.82 Å². The largest absolute Gasteiger partial charge is 0.454 e. The first-order valence-corrected chi connectivity index (χ1v) is 12.2. The lowest BCUT2D eigenvalue weighted by molar-refractivity contribution is -0.115. The number of anilines is 1. The van der Waals surface area contributed by atoms with E-state index in [0.717, 1.165) is 24.6 Å². The van der Waals surface area contributed by atoms with E-state index in [1.165, 1.54) is 43.2 Å². The lowest BCUT2D eigenvalue weighted by Crippen LogP contribution is -2.30. The van der Waals surface area contributed by atoms with Gasteiger partial charge in [-0.15, -0.1) is 10.2 Å². The van der Waals surface area contributed by atoms with Crippen molar-refractivity contribution in [2.24, 2.45) is 0 Å². The van der Waals surface area contributed by atoms with Crippen LogP contribution in [0.3, 0.4) is 0 Å². The highest BCUT2D eigenvalue weighted by molar-refractivity contribution is 8.00. The van der Waals surface area contributed by atoms with E-state index >= 15 is 0 Å². The Morgan fingerprint density at radius 2 is 1.85 bits per heavy atom. The maximum absolute atomic E-state index is 13.6. The summed E-state index contributed by atoms with van der Waals surface area (Å²) in [5.41, 5.74) is 1.40. The molecule has 1 aromatic heterocycles. The summed E-state index contributed by atoms with van der Waals surface area (Å²) in [5, 5.41) is 11.9. The summed E-state index contributed by atoms with van der Waals surface area (Å²) in [5.74, 6) is 1.57. The van der Waals surface area contributed by atoms with Gasteiger partial charge in [0.05, 0.1) is 11.8 Å². The number of benzene rings is 2. The SMILES string of the molecule is CC(Sc1nnc(CN2CCCCC2)n1-c1ccc(F)cc1)C(=O)Nc1ccc2c(c1)OCO2. The Hall–Kier alpha value is -3.11. The molecule has 5 rings (SSSR count). The molecule has 1 unspecified atom stereocenters. The van der Waals surface area contributed by atoms with E-state index in [0.29, 0.717) is 28.9 Å². The Bertz CT molecular complexity index is 1160. The summed E-state index contributed by atoms with van der Waals surface area (Å²) in [6, 6.07) is 11.6. The quantitative estimate of drug-likeness (QED) is 0.504. The molecule has 1 saturated heterocycles. The molecule has 0 aliphatic carbocycles. The monoisotopic (exact) mass is 483 g/mol. The smallest absolute Gasteiger partial charge is 0.237 e. The maximum Gasteiger partial charge on any atom is 0.237 e. The number of carbonyl (C=O) groups excluding carboxylic acids is 1. The Morgan fingerprint density at radius 1 is 1.09 bits per heavy atom. The molecule has 0 saturated carbocycles. The Morgan fingerprint density at radius 3 is 2.65 bits per heavy atom. The van der Waals surface area contributed by atoms with Gasteiger partial charge in [-0.25, -0.2) is 4.39 Å². The highest BCUT2D eigenvalue weighted by Gasteiger charge is 2.23. The number of likely N-dealkylation sites (tertiary alicyclic amines) is 1. The van der Waals surface area contributed by atoms with Gasteiger partial charge >= 0.3 is 0 Å². The van der Waals surface area contributed by atoms with E-state index in [1.54, 1.807) is 30.3 Å². The van der Waals surface area contributed by atoms with Crippen LogP contribution in [-0.2, 0) is 11.3 Å². The minimum Gasteiger partial charge on any atom is -0.454 e. The van der Waals surface area contributed by atoms with Crippen LogP contribution in [0.4, 0.5) is 10.1 Å². The van der Waals surface area contributed by atoms with Crippen molar-refractivity contribution in [2.45, 2.75) is 43.1 Å². The van der Waals surface area contributed by atoms with Gasteiger partial charge in [0.15, 0.2) is 22.5 Å². The van der Waals surface area contributed by atoms with E-state index in [9.17, 15) is 9.18 Å². The van der Waals surface area contributed by atoms with E-state index in [4.69, 9.17) is 9.47 Å². The van der Waals surface area contributed by atoms with Crippen molar-refractivity contribution < 1.29 is 18.7 Å². The lowest BCUT2D eigenvalue weighted by Gasteiger charge is -2.26. The number of amides is 1. The third kappa shape index (κ3) is 5.02. The molecule has 0 radical (unpaired) electrons. The molecule has 1 amide bonds. The molecule has 2 aliphatic heterocycles. The van der Waals surface area contributed by atoms with Crippen LogP contribution >= 0.6 is 11.8 Å². The van der Waals surface area contributed by atoms with Gasteiger partial charge in [-0.2, -0.15) is 0 Å². The molecule has 8 nitrogen and oxygen atoms in total. The normalized spacial score (nSPS) is 16.4. The first-order chi connectivity index (χ1) is 16.6. The molecular formula is C24H26FN5O3S. The molecule has 2 aliphatic rings. The second-order valence-electron chi connectivity index (χ2n) is 8.36. The minimum absolute atomic E-state index is 0.171. The predicted molar refractivity (Wildman–Crippen MR) is 127 cm³/mol.